The molecule has 0 saturated heterocycles. The normalized spacial score (nSPS) is 18.8. The number of alkyl halides is 3. The maximum absolute atomic E-state index is 14.1. The minimum absolute atomic E-state index is 0.0379. The molecule has 1 aromatic carbocycles. The van der Waals surface area contributed by atoms with Crippen LogP contribution in [0.4, 0.5) is 24.0 Å². The molecule has 38 heavy (non-hydrogen) atoms. The van der Waals surface area contributed by atoms with Gasteiger partial charge >= 0.3 is 12.1 Å². The Morgan fingerprint density at radius 2 is 1.97 bits per heavy atom. The van der Waals surface area contributed by atoms with Gasteiger partial charge < -0.3 is 15.4 Å². The summed E-state index contributed by atoms with van der Waals surface area (Å²) < 4.78 is 48.2. The van der Waals surface area contributed by atoms with Gasteiger partial charge in [-0.15, -0.1) is 11.3 Å². The number of fused-ring (bicyclic) bond motifs is 2. The number of nitrogens with one attached hydrogen (secondary N) is 2. The maximum Gasteiger partial charge on any atom is 0.410 e. The Balaban J connectivity index is 1.46. The van der Waals surface area contributed by atoms with Gasteiger partial charge in [0.15, 0.2) is 11.7 Å². The number of hydrogen-bond donors (Lipinski definition) is 2. The molecule has 0 radical (unpaired) electrons. The molecule has 2 atom stereocenters. The highest BCUT2D eigenvalue weighted by Crippen LogP contribution is 2.44. The molecule has 7 nitrogen and oxygen atoms in total. The van der Waals surface area contributed by atoms with Crippen LogP contribution in [0, 0.1) is 0 Å². The minimum atomic E-state index is -4.62. The van der Waals surface area contributed by atoms with E-state index in [4.69, 9.17) is 27.9 Å². The molecule has 2 N–H and O–H groups in total. The van der Waals surface area contributed by atoms with Crippen molar-refractivity contribution in [3.05, 3.63) is 61.6 Å². The van der Waals surface area contributed by atoms with Crippen LogP contribution in [0.2, 0.25) is 10.0 Å². The van der Waals surface area contributed by atoms with E-state index >= 15 is 0 Å². The Hall–Kier alpha value is -2.76. The molecule has 5 rings (SSSR count). The molecule has 1 aliphatic carbocycles. The fourth-order valence-corrected chi connectivity index (χ4v) is 6.45. The summed E-state index contributed by atoms with van der Waals surface area (Å²) in [5.41, 5.74) is 1.49. The van der Waals surface area contributed by atoms with Crippen LogP contribution >= 0.6 is 34.5 Å². The summed E-state index contributed by atoms with van der Waals surface area (Å²) in [6.07, 6.45) is -1.60. The third kappa shape index (κ3) is 5.11. The molecule has 2 aliphatic rings. The molecule has 0 saturated carbocycles. The fourth-order valence-electron chi connectivity index (χ4n) is 4.87. The van der Waals surface area contributed by atoms with Crippen molar-refractivity contribution in [3.63, 3.8) is 0 Å². The molecule has 0 spiro atoms. The number of carbonyl (C=O) groups excluding carboxylic acids is 2. The van der Waals surface area contributed by atoms with Crippen molar-refractivity contribution in [1.29, 1.82) is 0 Å². The average Bonchev–Trinajstić information content (AvgIpc) is 3.46. The Kier molecular flexibility index (Phi) is 7.36. The van der Waals surface area contributed by atoms with Crippen LogP contribution in [0.3, 0.4) is 0 Å². The highest BCUT2D eigenvalue weighted by molar-refractivity contribution is 7.17. The fraction of sp³-hybridized carbons (Fsp3) is 0.400. The first-order valence-electron chi connectivity index (χ1n) is 12.1. The summed E-state index contributed by atoms with van der Waals surface area (Å²) in [7, 11) is 0. The van der Waals surface area contributed by atoms with Gasteiger partial charge in [-0.3, -0.25) is 4.79 Å². The SMILES string of the molecule is CCOC(=O)c1c(NC(=O)c2cc3n(n2)C(C(F)(F)F)CC(c2ccc(Cl)c(Cl)c2)N3)sc2c1CCCC2. The number of esters is 1. The van der Waals surface area contributed by atoms with E-state index in [1.165, 1.54) is 29.5 Å². The van der Waals surface area contributed by atoms with Gasteiger partial charge in [0.2, 0.25) is 0 Å². The number of halogens is 5. The first-order chi connectivity index (χ1) is 18.1. The van der Waals surface area contributed by atoms with Crippen molar-refractivity contribution in [1.82, 2.24) is 9.78 Å². The Morgan fingerprint density at radius 3 is 2.68 bits per heavy atom. The molecule has 1 aliphatic heterocycles. The van der Waals surface area contributed by atoms with Gasteiger partial charge in [-0.1, -0.05) is 29.3 Å². The summed E-state index contributed by atoms with van der Waals surface area (Å²) >= 11 is 13.4. The predicted octanol–water partition coefficient (Wildman–Crippen LogP) is 7.22. The second-order valence-electron chi connectivity index (χ2n) is 9.11. The molecular weight excluding hydrogens is 564 g/mol. The molecular formula is C25H23Cl2F3N4O3S. The van der Waals surface area contributed by atoms with Crippen LogP contribution < -0.4 is 10.6 Å². The quantitative estimate of drug-likeness (QED) is 0.308. The number of aromatic nitrogens is 2. The largest absolute Gasteiger partial charge is 0.462 e. The van der Waals surface area contributed by atoms with E-state index in [2.05, 4.69) is 15.7 Å². The van der Waals surface area contributed by atoms with Crippen molar-refractivity contribution in [3.8, 4) is 0 Å². The number of rotatable bonds is 5. The van der Waals surface area contributed by atoms with Crippen LogP contribution in [-0.4, -0.2) is 34.4 Å². The van der Waals surface area contributed by atoms with Crippen LogP contribution in [0.1, 0.15) is 75.1 Å². The summed E-state index contributed by atoms with van der Waals surface area (Å²) in [4.78, 5) is 26.9. The highest BCUT2D eigenvalue weighted by Gasteiger charge is 2.47. The molecule has 13 heteroatoms. The Morgan fingerprint density at radius 1 is 1.21 bits per heavy atom. The lowest BCUT2D eigenvalue weighted by atomic mass is 9.95. The zero-order chi connectivity index (χ0) is 27.2. The maximum atomic E-state index is 14.1. The summed E-state index contributed by atoms with van der Waals surface area (Å²) in [5, 5.41) is 10.6. The van der Waals surface area contributed by atoms with Crippen molar-refractivity contribution in [2.24, 2.45) is 0 Å². The van der Waals surface area contributed by atoms with Gasteiger partial charge in [0, 0.05) is 17.4 Å². The summed E-state index contributed by atoms with van der Waals surface area (Å²) in [6.45, 7) is 1.87. The third-order valence-electron chi connectivity index (χ3n) is 6.65. The summed E-state index contributed by atoms with van der Waals surface area (Å²) in [6, 6.07) is 3.21. The van der Waals surface area contributed by atoms with Gasteiger partial charge in [-0.2, -0.15) is 18.3 Å². The Bertz CT molecular complexity index is 1410. The highest BCUT2D eigenvalue weighted by atomic mass is 35.5. The molecule has 1 amide bonds. The second kappa shape index (κ2) is 10.4. The lowest BCUT2D eigenvalue weighted by Crippen LogP contribution is -2.35. The van der Waals surface area contributed by atoms with E-state index in [0.29, 0.717) is 27.6 Å². The molecule has 2 unspecified atom stereocenters. The molecule has 0 fully saturated rings. The molecule has 3 heterocycles. The topological polar surface area (TPSA) is 85.2 Å². The molecule has 0 bridgehead atoms. The van der Waals surface area contributed by atoms with Gasteiger partial charge in [0.25, 0.3) is 5.91 Å². The zero-order valence-corrected chi connectivity index (χ0v) is 22.5. The molecule has 202 valence electrons. The first kappa shape index (κ1) is 26.8. The number of ether oxygens (including phenoxy) is 1. The smallest absolute Gasteiger partial charge is 0.410 e. The van der Waals surface area contributed by atoms with Crippen molar-refractivity contribution < 1.29 is 27.5 Å². The van der Waals surface area contributed by atoms with E-state index < -0.39 is 30.1 Å². The zero-order valence-electron chi connectivity index (χ0n) is 20.1. The van der Waals surface area contributed by atoms with E-state index in [-0.39, 0.29) is 29.6 Å². The molecule has 2 aromatic heterocycles. The van der Waals surface area contributed by atoms with Crippen LogP contribution in [-0.2, 0) is 17.6 Å². The van der Waals surface area contributed by atoms with Crippen LogP contribution in [0.15, 0.2) is 24.3 Å². The minimum Gasteiger partial charge on any atom is -0.462 e. The lowest BCUT2D eigenvalue weighted by molar-refractivity contribution is -0.173. The number of hydrogen-bond acceptors (Lipinski definition) is 6. The average molecular weight is 587 g/mol. The number of aryl methyl sites for hydroxylation is 1. The number of nitrogens with zero attached hydrogens (tertiary/aromatic N) is 2. The number of benzene rings is 1. The first-order valence-corrected chi connectivity index (χ1v) is 13.6. The van der Waals surface area contributed by atoms with E-state index in [9.17, 15) is 22.8 Å². The number of thiophene rings is 1. The van der Waals surface area contributed by atoms with Crippen molar-refractivity contribution in [2.75, 3.05) is 17.2 Å². The van der Waals surface area contributed by atoms with Gasteiger partial charge in [0.05, 0.1) is 28.3 Å². The van der Waals surface area contributed by atoms with E-state index in [1.54, 1.807) is 13.0 Å². The number of amides is 1. The van der Waals surface area contributed by atoms with Crippen LogP contribution in [0.5, 0.6) is 0 Å². The monoisotopic (exact) mass is 586 g/mol. The summed E-state index contributed by atoms with van der Waals surface area (Å²) in [5.74, 6) is -1.21. The van der Waals surface area contributed by atoms with Crippen molar-refractivity contribution in [2.45, 2.75) is 57.3 Å². The molecule has 3 aromatic rings. The lowest BCUT2D eigenvalue weighted by Gasteiger charge is -2.33. The van der Waals surface area contributed by atoms with Gasteiger partial charge in [-0.05, 0) is 55.9 Å². The van der Waals surface area contributed by atoms with Crippen molar-refractivity contribution >= 4 is 57.2 Å². The second-order valence-corrected chi connectivity index (χ2v) is 11.0. The number of carbonyl (C=O) groups is 2. The third-order valence-corrected chi connectivity index (χ3v) is 8.59. The Labute approximate surface area is 230 Å². The van der Waals surface area contributed by atoms with Crippen LogP contribution in [0.25, 0.3) is 0 Å². The standard InChI is InChI=1S/C25H23Cl2F3N4O3S/c1-2-37-24(36)21-13-5-3-4-6-18(13)38-23(21)32-22(35)17-11-20-31-16(12-7-8-14(26)15(27)9-12)10-19(25(28,29)30)34(20)33-17/h7-9,11,16,19,31H,2-6,10H2,1H3,(H,32,35). The predicted molar refractivity (Wildman–Crippen MR) is 140 cm³/mol. The van der Waals surface area contributed by atoms with E-state index in [1.807, 2.05) is 0 Å². The van der Waals surface area contributed by atoms with E-state index in [0.717, 1.165) is 34.4 Å². The van der Waals surface area contributed by atoms with Gasteiger partial charge in [0.1, 0.15) is 10.8 Å². The number of anilines is 2. The van der Waals surface area contributed by atoms with Gasteiger partial charge in [-0.25, -0.2) is 9.48 Å².